The van der Waals surface area contributed by atoms with Crippen LogP contribution < -0.4 is 10.1 Å². The van der Waals surface area contributed by atoms with Crippen LogP contribution in [-0.4, -0.2) is 12.0 Å². The van der Waals surface area contributed by atoms with Crippen molar-refractivity contribution < 1.29 is 9.53 Å². The molecule has 0 saturated heterocycles. The van der Waals surface area contributed by atoms with Crippen molar-refractivity contribution in [1.29, 1.82) is 0 Å². The minimum Gasteiger partial charge on any atom is -0.481 e. The Kier molecular flexibility index (Phi) is 5.51. The number of amides is 1. The molecule has 1 atom stereocenters. The minimum absolute atomic E-state index is 0.189. The second kappa shape index (κ2) is 7.99. The monoisotopic (exact) mass is 395 g/mol. The van der Waals surface area contributed by atoms with Gasteiger partial charge in [-0.2, -0.15) is 0 Å². The van der Waals surface area contributed by atoms with Crippen molar-refractivity contribution >= 4 is 27.5 Å². The molecule has 0 saturated carbocycles. The Hall–Kier alpha value is -2.59. The average Bonchev–Trinajstić information content (AvgIpc) is 2.64. The molecule has 3 aromatic rings. The molecule has 0 aromatic heterocycles. The zero-order valence-corrected chi connectivity index (χ0v) is 15.4. The number of nitrogens with one attached hydrogen (secondary N) is 1. The van der Waals surface area contributed by atoms with Gasteiger partial charge in [0.2, 0.25) is 0 Å². The van der Waals surface area contributed by atoms with Crippen LogP contribution in [0.1, 0.15) is 6.92 Å². The van der Waals surface area contributed by atoms with Gasteiger partial charge in [-0.05, 0) is 42.8 Å². The number of hydrogen-bond donors (Lipinski definition) is 1. The summed E-state index contributed by atoms with van der Waals surface area (Å²) in [6, 6.07) is 25.1. The minimum atomic E-state index is -0.606. The third-order valence-electron chi connectivity index (χ3n) is 3.77. The third-order valence-corrected chi connectivity index (χ3v) is 4.29. The summed E-state index contributed by atoms with van der Waals surface area (Å²) in [7, 11) is 0. The lowest BCUT2D eigenvalue weighted by molar-refractivity contribution is -0.122. The summed E-state index contributed by atoms with van der Waals surface area (Å²) in [6.07, 6.45) is -0.606. The summed E-state index contributed by atoms with van der Waals surface area (Å²) < 4.78 is 6.68. The zero-order valence-electron chi connectivity index (χ0n) is 13.8. The van der Waals surface area contributed by atoms with Crippen molar-refractivity contribution in [3.63, 3.8) is 0 Å². The van der Waals surface area contributed by atoms with Crippen molar-refractivity contribution in [3.8, 4) is 16.9 Å². The van der Waals surface area contributed by atoms with Gasteiger partial charge in [0.1, 0.15) is 5.75 Å². The molecule has 3 aromatic carbocycles. The SMILES string of the molecule is CC(Oc1ccc(Br)cc1)C(=O)Nc1ccccc1-c1ccccc1. The van der Waals surface area contributed by atoms with Crippen LogP contribution in [0.25, 0.3) is 11.1 Å². The second-order valence-electron chi connectivity index (χ2n) is 5.61. The molecule has 0 radical (unpaired) electrons. The Balaban J connectivity index is 1.74. The number of carbonyl (C=O) groups excluding carboxylic acids is 1. The molecule has 4 heteroatoms. The molecule has 1 amide bonds. The summed E-state index contributed by atoms with van der Waals surface area (Å²) in [5.74, 6) is 0.466. The summed E-state index contributed by atoms with van der Waals surface area (Å²) in [4.78, 5) is 12.5. The third kappa shape index (κ3) is 4.48. The van der Waals surface area contributed by atoms with E-state index in [-0.39, 0.29) is 5.91 Å². The molecule has 3 rings (SSSR count). The van der Waals surface area contributed by atoms with Crippen molar-refractivity contribution in [2.45, 2.75) is 13.0 Å². The Labute approximate surface area is 155 Å². The molecule has 126 valence electrons. The largest absolute Gasteiger partial charge is 0.481 e. The molecule has 3 nitrogen and oxygen atoms in total. The average molecular weight is 396 g/mol. The predicted molar refractivity (Wildman–Crippen MR) is 105 cm³/mol. The van der Waals surface area contributed by atoms with Crippen molar-refractivity contribution in [3.05, 3.63) is 83.3 Å². The number of ether oxygens (including phenoxy) is 1. The van der Waals surface area contributed by atoms with Crippen LogP contribution >= 0.6 is 15.9 Å². The highest BCUT2D eigenvalue weighted by Crippen LogP contribution is 2.27. The number of benzene rings is 3. The Bertz CT molecular complexity index is 847. The summed E-state index contributed by atoms with van der Waals surface area (Å²) in [6.45, 7) is 1.74. The van der Waals surface area contributed by atoms with Crippen molar-refractivity contribution in [1.82, 2.24) is 0 Å². The first-order chi connectivity index (χ1) is 12.1. The van der Waals surface area contributed by atoms with Crippen LogP contribution in [0.15, 0.2) is 83.3 Å². The molecular formula is C21H18BrNO2. The predicted octanol–water partition coefficient (Wildman–Crippen LogP) is 5.52. The Morgan fingerprint density at radius 2 is 1.56 bits per heavy atom. The Morgan fingerprint density at radius 1 is 0.920 bits per heavy atom. The molecular weight excluding hydrogens is 378 g/mol. The highest BCUT2D eigenvalue weighted by molar-refractivity contribution is 9.10. The molecule has 0 fully saturated rings. The maximum absolute atomic E-state index is 12.5. The lowest BCUT2D eigenvalue weighted by Gasteiger charge is -2.16. The topological polar surface area (TPSA) is 38.3 Å². The van der Waals surface area contributed by atoms with E-state index in [1.165, 1.54) is 0 Å². The quantitative estimate of drug-likeness (QED) is 0.617. The molecule has 0 spiro atoms. The summed E-state index contributed by atoms with van der Waals surface area (Å²) in [5.41, 5.74) is 2.80. The number of halogens is 1. The van der Waals surface area contributed by atoms with Crippen LogP contribution in [0.4, 0.5) is 5.69 Å². The summed E-state index contributed by atoms with van der Waals surface area (Å²) >= 11 is 3.38. The van der Waals surface area contributed by atoms with Gasteiger partial charge in [0.25, 0.3) is 5.91 Å². The van der Waals surface area contributed by atoms with E-state index >= 15 is 0 Å². The number of rotatable bonds is 5. The first-order valence-electron chi connectivity index (χ1n) is 8.01. The molecule has 1 unspecified atom stereocenters. The molecule has 0 aliphatic carbocycles. The van der Waals surface area contributed by atoms with E-state index in [1.807, 2.05) is 78.9 Å². The highest BCUT2D eigenvalue weighted by atomic mass is 79.9. The van der Waals surface area contributed by atoms with Crippen LogP contribution in [0.3, 0.4) is 0 Å². The molecule has 0 heterocycles. The molecule has 0 aliphatic heterocycles. The van der Waals surface area contributed by atoms with Gasteiger partial charge in [0.05, 0.1) is 0 Å². The number of anilines is 1. The van der Waals surface area contributed by atoms with Crippen LogP contribution in [0.5, 0.6) is 5.75 Å². The fourth-order valence-corrected chi connectivity index (χ4v) is 2.73. The van der Waals surface area contributed by atoms with E-state index in [0.717, 1.165) is 21.3 Å². The van der Waals surface area contributed by atoms with E-state index in [1.54, 1.807) is 6.92 Å². The summed E-state index contributed by atoms with van der Waals surface area (Å²) in [5, 5.41) is 2.97. The smallest absolute Gasteiger partial charge is 0.265 e. The van der Waals surface area contributed by atoms with Gasteiger partial charge in [0.15, 0.2) is 6.10 Å². The van der Waals surface area contributed by atoms with E-state index in [2.05, 4.69) is 21.2 Å². The second-order valence-corrected chi connectivity index (χ2v) is 6.53. The first-order valence-corrected chi connectivity index (χ1v) is 8.80. The van der Waals surface area contributed by atoms with Crippen LogP contribution in [0, 0.1) is 0 Å². The lowest BCUT2D eigenvalue weighted by Crippen LogP contribution is -2.30. The zero-order chi connectivity index (χ0) is 17.6. The lowest BCUT2D eigenvalue weighted by atomic mass is 10.0. The molecule has 0 bridgehead atoms. The van der Waals surface area contributed by atoms with Gasteiger partial charge in [-0.15, -0.1) is 0 Å². The van der Waals surface area contributed by atoms with E-state index in [4.69, 9.17) is 4.74 Å². The fraction of sp³-hybridized carbons (Fsp3) is 0.0952. The van der Waals surface area contributed by atoms with Gasteiger partial charge in [-0.25, -0.2) is 0 Å². The van der Waals surface area contributed by atoms with Gasteiger partial charge < -0.3 is 10.1 Å². The van der Waals surface area contributed by atoms with Gasteiger partial charge in [-0.1, -0.05) is 64.5 Å². The standard InChI is InChI=1S/C21H18BrNO2/c1-15(25-18-13-11-17(22)12-14-18)21(24)23-20-10-6-5-9-19(20)16-7-3-2-4-8-16/h2-15H,1H3,(H,23,24). The Morgan fingerprint density at radius 3 is 2.28 bits per heavy atom. The van der Waals surface area contributed by atoms with E-state index in [9.17, 15) is 4.79 Å². The number of para-hydroxylation sites is 1. The van der Waals surface area contributed by atoms with Gasteiger partial charge >= 0.3 is 0 Å². The van der Waals surface area contributed by atoms with Crippen molar-refractivity contribution in [2.24, 2.45) is 0 Å². The fourth-order valence-electron chi connectivity index (χ4n) is 2.47. The van der Waals surface area contributed by atoms with Crippen LogP contribution in [0.2, 0.25) is 0 Å². The maximum atomic E-state index is 12.5. The van der Waals surface area contributed by atoms with E-state index in [0.29, 0.717) is 5.75 Å². The number of hydrogen-bond acceptors (Lipinski definition) is 2. The molecule has 1 N–H and O–H groups in total. The molecule has 0 aliphatic rings. The van der Waals surface area contributed by atoms with Crippen molar-refractivity contribution in [2.75, 3.05) is 5.32 Å². The van der Waals surface area contributed by atoms with Gasteiger partial charge in [0, 0.05) is 15.7 Å². The van der Waals surface area contributed by atoms with Gasteiger partial charge in [-0.3, -0.25) is 4.79 Å². The maximum Gasteiger partial charge on any atom is 0.265 e. The normalized spacial score (nSPS) is 11.6. The van der Waals surface area contributed by atoms with Crippen LogP contribution in [-0.2, 0) is 4.79 Å². The van der Waals surface area contributed by atoms with E-state index < -0.39 is 6.10 Å². The molecule has 25 heavy (non-hydrogen) atoms. The highest BCUT2D eigenvalue weighted by Gasteiger charge is 2.16. The number of carbonyl (C=O) groups is 1. The first kappa shape index (κ1) is 17.2.